The zero-order chi connectivity index (χ0) is 25.7. The summed E-state index contributed by atoms with van der Waals surface area (Å²) >= 11 is 0. The Balaban J connectivity index is 1.91. The summed E-state index contributed by atoms with van der Waals surface area (Å²) in [6.07, 6.45) is -6.40. The van der Waals surface area contributed by atoms with E-state index in [1.165, 1.54) is 0 Å². The zero-order valence-corrected chi connectivity index (χ0v) is 19.7. The molecule has 0 bridgehead atoms. The average Bonchev–Trinajstić information content (AvgIpc) is 3.36. The van der Waals surface area contributed by atoms with Gasteiger partial charge in [-0.25, -0.2) is 0 Å². The molecule has 0 spiro atoms. The highest BCUT2D eigenvalue weighted by molar-refractivity contribution is 5.43. The molecule has 2 nitrogen and oxygen atoms in total. The van der Waals surface area contributed by atoms with Crippen molar-refractivity contribution in [2.24, 2.45) is 5.92 Å². The van der Waals surface area contributed by atoms with Crippen LogP contribution in [0.2, 0.25) is 0 Å². The Hall–Kier alpha value is -2.53. The van der Waals surface area contributed by atoms with Crippen LogP contribution in [0.1, 0.15) is 67.7 Å². The minimum atomic E-state index is -5.17. The quantitative estimate of drug-likeness (QED) is 0.329. The number of benzene rings is 2. The summed E-state index contributed by atoms with van der Waals surface area (Å²) in [5.41, 5.74) is -3.52. The molecule has 1 unspecified atom stereocenters. The molecule has 1 aliphatic carbocycles. The van der Waals surface area contributed by atoms with Crippen LogP contribution in [-0.4, -0.2) is 18.0 Å². The lowest BCUT2D eigenvalue weighted by Crippen LogP contribution is -2.35. The van der Waals surface area contributed by atoms with Gasteiger partial charge in [-0.15, -0.1) is 0 Å². The van der Waals surface area contributed by atoms with E-state index in [1.807, 2.05) is 37.3 Å². The van der Waals surface area contributed by atoms with Crippen molar-refractivity contribution in [2.75, 3.05) is 13.1 Å². The molecule has 1 aliphatic rings. The number of halogens is 6. The molecule has 2 aromatic carbocycles. The van der Waals surface area contributed by atoms with E-state index in [9.17, 15) is 31.6 Å². The van der Waals surface area contributed by atoms with Crippen LogP contribution in [-0.2, 0) is 24.3 Å². The summed E-state index contributed by atoms with van der Waals surface area (Å²) in [5, 5.41) is 10.3. The maximum atomic E-state index is 13.6. The Labute approximate surface area is 202 Å². The summed E-state index contributed by atoms with van der Waals surface area (Å²) in [7, 11) is 0. The van der Waals surface area contributed by atoms with Crippen molar-refractivity contribution in [3.63, 3.8) is 0 Å². The molecule has 0 N–H and O–H groups in total. The van der Waals surface area contributed by atoms with E-state index in [2.05, 4.69) is 11.0 Å². The van der Waals surface area contributed by atoms with Crippen LogP contribution in [0.5, 0.6) is 0 Å². The first-order valence-electron chi connectivity index (χ1n) is 12.0. The van der Waals surface area contributed by atoms with Gasteiger partial charge in [0.1, 0.15) is 0 Å². The Morgan fingerprint density at radius 3 is 2.09 bits per heavy atom. The van der Waals surface area contributed by atoms with Crippen molar-refractivity contribution in [1.29, 1.82) is 5.26 Å². The van der Waals surface area contributed by atoms with Crippen molar-refractivity contribution in [3.05, 3.63) is 70.8 Å². The van der Waals surface area contributed by atoms with Gasteiger partial charge in [0, 0.05) is 6.54 Å². The second-order valence-electron chi connectivity index (χ2n) is 9.28. The van der Waals surface area contributed by atoms with Gasteiger partial charge in [-0.1, -0.05) is 56.2 Å². The molecule has 0 aliphatic heterocycles. The number of rotatable bonds is 9. The molecular weight excluding hydrogens is 466 g/mol. The van der Waals surface area contributed by atoms with Gasteiger partial charge in [0.25, 0.3) is 0 Å². The van der Waals surface area contributed by atoms with Gasteiger partial charge in [0.2, 0.25) is 0 Å². The van der Waals surface area contributed by atoms with E-state index in [0.29, 0.717) is 50.9 Å². The third-order valence-electron chi connectivity index (χ3n) is 7.14. The average molecular weight is 497 g/mol. The highest BCUT2D eigenvalue weighted by Gasteiger charge is 2.47. The van der Waals surface area contributed by atoms with Gasteiger partial charge in [-0.2, -0.15) is 31.6 Å². The molecule has 0 radical (unpaired) electrons. The second-order valence-corrected chi connectivity index (χ2v) is 9.28. The van der Waals surface area contributed by atoms with Crippen LogP contribution in [0, 0.1) is 17.2 Å². The Bertz CT molecular complexity index is 1000. The molecule has 8 heteroatoms. The molecule has 1 saturated carbocycles. The van der Waals surface area contributed by atoms with Crippen molar-refractivity contribution in [1.82, 2.24) is 4.90 Å². The first kappa shape index (κ1) is 27.1. The normalized spacial score (nSPS) is 16.9. The molecule has 0 aromatic heterocycles. The van der Waals surface area contributed by atoms with Gasteiger partial charge in [-0.3, -0.25) is 4.90 Å². The maximum Gasteiger partial charge on any atom is 0.417 e. The van der Waals surface area contributed by atoms with Crippen LogP contribution >= 0.6 is 0 Å². The summed E-state index contributed by atoms with van der Waals surface area (Å²) in [4.78, 5) is 2.19. The van der Waals surface area contributed by atoms with Gasteiger partial charge in [0.15, 0.2) is 0 Å². The van der Waals surface area contributed by atoms with E-state index >= 15 is 0 Å². The third-order valence-corrected chi connectivity index (χ3v) is 7.14. The van der Waals surface area contributed by atoms with E-state index in [0.717, 1.165) is 31.0 Å². The third kappa shape index (κ3) is 6.38. The highest BCUT2D eigenvalue weighted by atomic mass is 19.4. The molecular formula is C27H30F6N2. The maximum absolute atomic E-state index is 13.6. The first-order chi connectivity index (χ1) is 16.5. The Kier molecular flexibility index (Phi) is 8.53. The fourth-order valence-electron chi connectivity index (χ4n) is 5.29. The molecule has 0 saturated heterocycles. The lowest BCUT2D eigenvalue weighted by atomic mass is 9.67. The number of hydrogen-bond acceptors (Lipinski definition) is 2. The van der Waals surface area contributed by atoms with E-state index in [4.69, 9.17) is 0 Å². The lowest BCUT2D eigenvalue weighted by molar-refractivity contribution is -0.162. The van der Waals surface area contributed by atoms with E-state index < -0.39 is 28.9 Å². The van der Waals surface area contributed by atoms with Crippen LogP contribution in [0.25, 0.3) is 0 Å². The predicted molar refractivity (Wildman–Crippen MR) is 122 cm³/mol. The van der Waals surface area contributed by atoms with Gasteiger partial charge in [0.05, 0.1) is 22.6 Å². The highest BCUT2D eigenvalue weighted by Crippen LogP contribution is 2.48. The van der Waals surface area contributed by atoms with Crippen molar-refractivity contribution >= 4 is 0 Å². The van der Waals surface area contributed by atoms with Crippen molar-refractivity contribution in [2.45, 2.75) is 69.8 Å². The molecule has 1 atom stereocenters. The number of alkyl halides is 6. The van der Waals surface area contributed by atoms with Crippen molar-refractivity contribution in [3.8, 4) is 6.07 Å². The standard InChI is InChI=1S/C27H30F6N2/c1-2-35(18-20-9-4-3-5-10-20)16-8-15-25(19-34,21-11-6-7-12-21)22-13-14-23(26(28,29)30)24(17-22)27(31,32)33/h3-5,9-10,13-14,17,21H,2,6-8,11-12,15-16,18H2,1H3. The summed E-state index contributed by atoms with van der Waals surface area (Å²) in [5.74, 6) is -0.186. The topological polar surface area (TPSA) is 27.0 Å². The zero-order valence-electron chi connectivity index (χ0n) is 19.7. The molecule has 190 valence electrons. The van der Waals surface area contributed by atoms with Crippen LogP contribution in [0.4, 0.5) is 26.3 Å². The van der Waals surface area contributed by atoms with E-state index in [-0.39, 0.29) is 11.5 Å². The molecule has 0 amide bonds. The van der Waals surface area contributed by atoms with Crippen LogP contribution in [0.3, 0.4) is 0 Å². The minimum absolute atomic E-state index is 0.0401. The molecule has 1 fully saturated rings. The fourth-order valence-corrected chi connectivity index (χ4v) is 5.29. The van der Waals surface area contributed by atoms with E-state index in [1.54, 1.807) is 0 Å². The molecule has 0 heterocycles. The number of hydrogen-bond donors (Lipinski definition) is 0. The number of nitrogens with zero attached hydrogens (tertiary/aromatic N) is 2. The van der Waals surface area contributed by atoms with Crippen LogP contribution in [0.15, 0.2) is 48.5 Å². The monoisotopic (exact) mass is 496 g/mol. The summed E-state index contributed by atoms with van der Waals surface area (Å²) in [6.45, 7) is 4.12. The smallest absolute Gasteiger partial charge is 0.299 e. The predicted octanol–water partition coefficient (Wildman–Crippen LogP) is 7.98. The summed E-state index contributed by atoms with van der Waals surface area (Å²) < 4.78 is 80.9. The lowest BCUT2D eigenvalue weighted by Gasteiger charge is -2.35. The molecule has 3 rings (SSSR count). The first-order valence-corrected chi connectivity index (χ1v) is 12.0. The van der Waals surface area contributed by atoms with Crippen LogP contribution < -0.4 is 0 Å². The number of nitriles is 1. The van der Waals surface area contributed by atoms with Gasteiger partial charge < -0.3 is 0 Å². The largest absolute Gasteiger partial charge is 0.417 e. The Morgan fingerprint density at radius 1 is 0.914 bits per heavy atom. The summed E-state index contributed by atoms with van der Waals surface area (Å²) in [6, 6.07) is 14.3. The molecule has 2 aromatic rings. The second kappa shape index (κ2) is 11.0. The van der Waals surface area contributed by atoms with Gasteiger partial charge in [-0.05, 0) is 68.0 Å². The SMILES string of the molecule is CCN(CCCC(C#N)(c1ccc(C(F)(F)F)c(C(F)(F)F)c1)C1CCCC1)Cc1ccccc1. The molecule has 35 heavy (non-hydrogen) atoms. The van der Waals surface area contributed by atoms with Gasteiger partial charge >= 0.3 is 12.4 Å². The fraction of sp³-hybridized carbons (Fsp3) is 0.519. The Morgan fingerprint density at radius 2 is 1.54 bits per heavy atom. The minimum Gasteiger partial charge on any atom is -0.299 e. The van der Waals surface area contributed by atoms with Crippen molar-refractivity contribution < 1.29 is 26.3 Å².